The van der Waals surface area contributed by atoms with Gasteiger partial charge in [0.2, 0.25) is 0 Å². The Bertz CT molecular complexity index is 621. The summed E-state index contributed by atoms with van der Waals surface area (Å²) in [7, 11) is 0. The maximum atomic E-state index is 12.2. The molecule has 1 fully saturated rings. The number of allylic oxidation sites excluding steroid dienone is 1. The van der Waals surface area contributed by atoms with Gasteiger partial charge in [-0.3, -0.25) is 14.5 Å². The first kappa shape index (κ1) is 19.1. The maximum absolute atomic E-state index is 12.2. The topological polar surface area (TPSA) is 61.4 Å². The van der Waals surface area contributed by atoms with Crippen LogP contribution in [0.1, 0.15) is 56.6 Å². The summed E-state index contributed by atoms with van der Waals surface area (Å²) in [5.74, 6) is -1.05. The Hall–Kier alpha value is -1.66. The number of thiophene rings is 1. The predicted molar refractivity (Wildman–Crippen MR) is 105 cm³/mol. The number of nitrogens with one attached hydrogen (secondary N) is 2. The standard InChI is InChI=1S/C20H29N3O2S/c24-19(21-10-8-16-6-2-1-3-7-16)20(25)22-14-18(17-9-13-26-15-17)23-11-4-5-12-23/h6,9,13,15,18H,1-5,7-8,10-12,14H2,(H,21,24)(H,22,25). The van der Waals surface area contributed by atoms with Gasteiger partial charge in [-0.2, -0.15) is 11.3 Å². The van der Waals surface area contributed by atoms with Gasteiger partial charge in [-0.15, -0.1) is 0 Å². The third kappa shape index (κ3) is 5.42. The number of likely N-dealkylation sites (tertiary alicyclic amines) is 1. The van der Waals surface area contributed by atoms with Crippen LogP contribution in [0, 0.1) is 0 Å². The van der Waals surface area contributed by atoms with E-state index in [1.807, 2.05) is 0 Å². The Morgan fingerprint density at radius 1 is 1.12 bits per heavy atom. The Morgan fingerprint density at radius 3 is 2.62 bits per heavy atom. The minimum atomic E-state index is -0.526. The van der Waals surface area contributed by atoms with Crippen molar-refractivity contribution in [2.24, 2.45) is 0 Å². The van der Waals surface area contributed by atoms with Crippen molar-refractivity contribution in [2.75, 3.05) is 26.2 Å². The van der Waals surface area contributed by atoms with Gasteiger partial charge in [0.15, 0.2) is 0 Å². The summed E-state index contributed by atoms with van der Waals surface area (Å²) in [6, 6.07) is 2.27. The van der Waals surface area contributed by atoms with Crippen LogP contribution in [0.3, 0.4) is 0 Å². The lowest BCUT2D eigenvalue weighted by atomic mass is 9.97. The summed E-state index contributed by atoms with van der Waals surface area (Å²) in [5.41, 5.74) is 2.63. The highest BCUT2D eigenvalue weighted by molar-refractivity contribution is 7.07. The molecule has 26 heavy (non-hydrogen) atoms. The average Bonchev–Trinajstić information content (AvgIpc) is 3.37. The van der Waals surface area contributed by atoms with Gasteiger partial charge in [0.1, 0.15) is 0 Å². The molecule has 0 spiro atoms. The second-order valence-corrected chi connectivity index (χ2v) is 7.92. The summed E-state index contributed by atoms with van der Waals surface area (Å²) in [5, 5.41) is 9.78. The van der Waals surface area contributed by atoms with Crippen LogP contribution in [0.4, 0.5) is 0 Å². The van der Waals surface area contributed by atoms with Gasteiger partial charge < -0.3 is 10.6 Å². The Balaban J connectivity index is 1.43. The predicted octanol–water partition coefficient (Wildman–Crippen LogP) is 3.01. The quantitative estimate of drug-likeness (QED) is 0.569. The van der Waals surface area contributed by atoms with Crippen molar-refractivity contribution in [3.05, 3.63) is 34.0 Å². The minimum absolute atomic E-state index is 0.160. The van der Waals surface area contributed by atoms with Crippen LogP contribution in [0.2, 0.25) is 0 Å². The number of rotatable bonds is 7. The molecule has 2 N–H and O–H groups in total. The monoisotopic (exact) mass is 375 g/mol. The highest BCUT2D eigenvalue weighted by Crippen LogP contribution is 2.26. The van der Waals surface area contributed by atoms with E-state index in [4.69, 9.17) is 0 Å². The van der Waals surface area contributed by atoms with E-state index in [2.05, 4.69) is 38.4 Å². The molecule has 0 radical (unpaired) electrons. The molecule has 6 heteroatoms. The molecule has 2 heterocycles. The molecule has 1 aromatic rings. The van der Waals surface area contributed by atoms with Crippen molar-refractivity contribution in [3.8, 4) is 0 Å². The number of amides is 2. The molecule has 1 aliphatic carbocycles. The molecule has 3 rings (SSSR count). The zero-order chi connectivity index (χ0) is 18.2. The van der Waals surface area contributed by atoms with Gasteiger partial charge >= 0.3 is 11.8 Å². The fourth-order valence-electron chi connectivity index (χ4n) is 3.79. The molecule has 142 valence electrons. The third-order valence-electron chi connectivity index (χ3n) is 5.29. The summed E-state index contributed by atoms with van der Waals surface area (Å²) < 4.78 is 0. The summed E-state index contributed by atoms with van der Waals surface area (Å²) in [6.45, 7) is 3.13. The van der Waals surface area contributed by atoms with Crippen LogP contribution in [-0.2, 0) is 9.59 Å². The molecule has 1 aromatic heterocycles. The van der Waals surface area contributed by atoms with Gasteiger partial charge in [-0.05, 0) is 80.4 Å². The average molecular weight is 376 g/mol. The van der Waals surface area contributed by atoms with Crippen molar-refractivity contribution < 1.29 is 9.59 Å². The van der Waals surface area contributed by atoms with Crippen LogP contribution in [0.5, 0.6) is 0 Å². The lowest BCUT2D eigenvalue weighted by Crippen LogP contribution is -2.44. The van der Waals surface area contributed by atoms with E-state index in [-0.39, 0.29) is 6.04 Å². The SMILES string of the molecule is O=C(NCCC1=CCCCC1)C(=O)NCC(c1ccsc1)N1CCCC1. The smallest absolute Gasteiger partial charge is 0.309 e. The molecule has 1 saturated heterocycles. The highest BCUT2D eigenvalue weighted by atomic mass is 32.1. The number of nitrogens with zero attached hydrogens (tertiary/aromatic N) is 1. The van der Waals surface area contributed by atoms with Crippen molar-refractivity contribution >= 4 is 23.2 Å². The van der Waals surface area contributed by atoms with E-state index >= 15 is 0 Å². The summed E-state index contributed by atoms with van der Waals surface area (Å²) in [6.07, 6.45) is 10.3. The maximum Gasteiger partial charge on any atom is 0.309 e. The van der Waals surface area contributed by atoms with Crippen LogP contribution >= 0.6 is 11.3 Å². The molecular weight excluding hydrogens is 346 g/mol. The zero-order valence-corrected chi connectivity index (χ0v) is 16.2. The molecular formula is C20H29N3O2S. The van der Waals surface area contributed by atoms with E-state index in [0.717, 1.165) is 32.4 Å². The van der Waals surface area contributed by atoms with Crippen molar-refractivity contribution in [3.63, 3.8) is 0 Å². The van der Waals surface area contributed by atoms with Gasteiger partial charge in [-0.1, -0.05) is 11.6 Å². The normalized spacial score (nSPS) is 19.0. The number of carbonyl (C=O) groups is 2. The largest absolute Gasteiger partial charge is 0.348 e. The van der Waals surface area contributed by atoms with E-state index in [0.29, 0.717) is 13.1 Å². The van der Waals surface area contributed by atoms with E-state index in [1.54, 1.807) is 11.3 Å². The van der Waals surface area contributed by atoms with Crippen LogP contribution in [-0.4, -0.2) is 42.9 Å². The first-order valence-electron chi connectivity index (χ1n) is 9.74. The lowest BCUT2D eigenvalue weighted by Gasteiger charge is -2.27. The van der Waals surface area contributed by atoms with E-state index in [1.165, 1.54) is 36.8 Å². The molecule has 0 saturated carbocycles. The lowest BCUT2D eigenvalue weighted by molar-refractivity contribution is -0.139. The van der Waals surface area contributed by atoms with E-state index < -0.39 is 11.8 Å². The Kier molecular flexibility index (Phi) is 7.26. The Labute approximate surface area is 159 Å². The first-order valence-corrected chi connectivity index (χ1v) is 10.7. The second-order valence-electron chi connectivity index (χ2n) is 7.14. The molecule has 0 bridgehead atoms. The first-order chi connectivity index (χ1) is 12.7. The van der Waals surface area contributed by atoms with Crippen LogP contribution in [0.25, 0.3) is 0 Å². The van der Waals surface area contributed by atoms with Crippen molar-refractivity contribution in [1.82, 2.24) is 15.5 Å². The van der Waals surface area contributed by atoms with Crippen molar-refractivity contribution in [2.45, 2.75) is 51.0 Å². The molecule has 1 unspecified atom stereocenters. The third-order valence-corrected chi connectivity index (χ3v) is 5.99. The fraction of sp³-hybridized carbons (Fsp3) is 0.600. The number of carbonyl (C=O) groups excluding carboxylic acids is 2. The molecule has 0 aromatic carbocycles. The summed E-state index contributed by atoms with van der Waals surface area (Å²) in [4.78, 5) is 26.6. The molecule has 1 aliphatic heterocycles. The van der Waals surface area contributed by atoms with Gasteiger partial charge in [0.05, 0.1) is 6.04 Å². The fourth-order valence-corrected chi connectivity index (χ4v) is 4.50. The molecule has 5 nitrogen and oxygen atoms in total. The Morgan fingerprint density at radius 2 is 1.92 bits per heavy atom. The molecule has 2 aliphatic rings. The summed E-state index contributed by atoms with van der Waals surface area (Å²) >= 11 is 1.67. The van der Waals surface area contributed by atoms with Crippen molar-refractivity contribution in [1.29, 1.82) is 0 Å². The van der Waals surface area contributed by atoms with Gasteiger partial charge in [0.25, 0.3) is 0 Å². The van der Waals surface area contributed by atoms with Crippen LogP contribution in [0.15, 0.2) is 28.5 Å². The number of hydrogen-bond acceptors (Lipinski definition) is 4. The number of hydrogen-bond donors (Lipinski definition) is 2. The van der Waals surface area contributed by atoms with E-state index in [9.17, 15) is 9.59 Å². The molecule has 2 amide bonds. The van der Waals surface area contributed by atoms with Crippen LogP contribution < -0.4 is 10.6 Å². The van der Waals surface area contributed by atoms with Gasteiger partial charge in [-0.25, -0.2) is 0 Å². The second kappa shape index (κ2) is 9.88. The minimum Gasteiger partial charge on any atom is -0.348 e. The molecule has 1 atom stereocenters. The van der Waals surface area contributed by atoms with Gasteiger partial charge in [0, 0.05) is 13.1 Å². The zero-order valence-electron chi connectivity index (χ0n) is 15.3. The highest BCUT2D eigenvalue weighted by Gasteiger charge is 2.25.